The summed E-state index contributed by atoms with van der Waals surface area (Å²) in [5.74, 6) is -0.868. The van der Waals surface area contributed by atoms with E-state index >= 15 is 0 Å². The second kappa shape index (κ2) is 64.2. The molecule has 1 unspecified atom stereocenters. The zero-order valence-electron chi connectivity index (χ0n) is 50.6. The molecule has 0 bridgehead atoms. The van der Waals surface area contributed by atoms with Gasteiger partial charge < -0.3 is 14.2 Å². The molecule has 0 heterocycles. The van der Waals surface area contributed by atoms with Crippen LogP contribution in [0.4, 0.5) is 0 Å². The lowest BCUT2D eigenvalue weighted by atomic mass is 10.0. The molecule has 1 atom stereocenters. The number of carbonyl (C=O) groups is 3. The van der Waals surface area contributed by atoms with Gasteiger partial charge in [-0.2, -0.15) is 0 Å². The first-order valence-electron chi connectivity index (χ1n) is 33.5. The maximum absolute atomic E-state index is 12.8. The first kappa shape index (κ1) is 72.6. The average Bonchev–Trinajstić information content (AvgIpc) is 3.41. The molecule has 0 aliphatic heterocycles. The van der Waals surface area contributed by atoms with Gasteiger partial charge in [0.25, 0.3) is 0 Å². The fourth-order valence-electron chi connectivity index (χ4n) is 10.1. The van der Waals surface area contributed by atoms with Crippen molar-refractivity contribution >= 4 is 17.9 Å². The summed E-state index contributed by atoms with van der Waals surface area (Å²) in [7, 11) is 0. The molecule has 0 aliphatic carbocycles. The van der Waals surface area contributed by atoms with Gasteiger partial charge in [0.2, 0.25) is 0 Å². The largest absolute Gasteiger partial charge is 0.462 e. The maximum Gasteiger partial charge on any atom is 0.306 e. The third-order valence-corrected chi connectivity index (χ3v) is 15.1. The minimum absolute atomic E-state index is 0.0699. The topological polar surface area (TPSA) is 78.9 Å². The van der Waals surface area contributed by atoms with Gasteiger partial charge in [0.15, 0.2) is 6.10 Å². The third-order valence-electron chi connectivity index (χ3n) is 15.1. The van der Waals surface area contributed by atoms with Gasteiger partial charge in [-0.1, -0.05) is 308 Å². The molecule has 6 nitrogen and oxygen atoms in total. The Bertz CT molecular complexity index is 1250. The summed E-state index contributed by atoms with van der Waals surface area (Å²) >= 11 is 0. The Morgan fingerprint density at radius 3 is 0.773 bits per heavy atom. The van der Waals surface area contributed by atoms with Gasteiger partial charge in [0.1, 0.15) is 13.2 Å². The smallest absolute Gasteiger partial charge is 0.306 e. The molecule has 0 aromatic carbocycles. The molecule has 0 aromatic heterocycles. The Hall–Kier alpha value is -2.37. The molecule has 0 radical (unpaired) electrons. The summed E-state index contributed by atoms with van der Waals surface area (Å²) in [5.41, 5.74) is 0. The highest BCUT2D eigenvalue weighted by Crippen LogP contribution is 2.18. The number of esters is 3. The highest BCUT2D eigenvalue weighted by molar-refractivity contribution is 5.71. The number of carbonyl (C=O) groups excluding carboxylic acids is 3. The Morgan fingerprint density at radius 2 is 0.480 bits per heavy atom. The van der Waals surface area contributed by atoms with E-state index in [0.717, 1.165) is 70.6 Å². The van der Waals surface area contributed by atoms with Crippen LogP contribution in [0, 0.1) is 0 Å². The van der Waals surface area contributed by atoms with E-state index in [1.54, 1.807) is 0 Å². The van der Waals surface area contributed by atoms with E-state index in [1.165, 1.54) is 257 Å². The Morgan fingerprint density at radius 1 is 0.267 bits per heavy atom. The SMILES string of the molecule is CCCCC/C=C\C/C=C\CCCCCCCCCCCC(=O)OC(COC(=O)CCCCCCC)COC(=O)CCCCCCCCCCCCCCCCCCCCCCC/C=C\CCCCCCCCCC. The van der Waals surface area contributed by atoms with Gasteiger partial charge in [-0.05, 0) is 77.0 Å². The van der Waals surface area contributed by atoms with Gasteiger partial charge in [-0.3, -0.25) is 14.4 Å². The van der Waals surface area contributed by atoms with E-state index in [2.05, 4.69) is 57.2 Å². The van der Waals surface area contributed by atoms with Crippen molar-refractivity contribution in [3.8, 4) is 0 Å². The maximum atomic E-state index is 12.8. The van der Waals surface area contributed by atoms with Crippen molar-refractivity contribution in [1.82, 2.24) is 0 Å². The van der Waals surface area contributed by atoms with Crippen LogP contribution >= 0.6 is 0 Å². The summed E-state index contributed by atoms with van der Waals surface area (Å²) in [5, 5.41) is 0. The normalized spacial score (nSPS) is 12.2. The zero-order valence-corrected chi connectivity index (χ0v) is 50.6. The summed E-state index contributed by atoms with van der Waals surface area (Å²) in [6, 6.07) is 0. The third kappa shape index (κ3) is 62.4. The van der Waals surface area contributed by atoms with E-state index in [1.807, 2.05) is 0 Å². The molecule has 0 aromatic rings. The van der Waals surface area contributed by atoms with Crippen LogP contribution in [0.2, 0.25) is 0 Å². The quantitative estimate of drug-likeness (QED) is 0.0261. The number of hydrogen-bond donors (Lipinski definition) is 0. The van der Waals surface area contributed by atoms with E-state index in [4.69, 9.17) is 14.2 Å². The Kier molecular flexibility index (Phi) is 62.1. The van der Waals surface area contributed by atoms with E-state index < -0.39 is 6.10 Å². The van der Waals surface area contributed by atoms with Gasteiger partial charge in [0.05, 0.1) is 0 Å². The molecule has 0 saturated carbocycles. The minimum Gasteiger partial charge on any atom is -0.462 e. The van der Waals surface area contributed by atoms with Crippen LogP contribution in [0.25, 0.3) is 0 Å². The minimum atomic E-state index is -0.769. The summed E-state index contributed by atoms with van der Waals surface area (Å²) in [4.78, 5) is 37.9. The zero-order chi connectivity index (χ0) is 54.3. The number of rotatable bonds is 62. The molecule has 0 saturated heterocycles. The average molecular weight is 1050 g/mol. The van der Waals surface area contributed by atoms with Crippen molar-refractivity contribution in [3.05, 3.63) is 36.5 Å². The van der Waals surface area contributed by atoms with Crippen LogP contribution in [0.1, 0.15) is 367 Å². The number of hydrogen-bond acceptors (Lipinski definition) is 6. The molecule has 440 valence electrons. The van der Waals surface area contributed by atoms with Crippen molar-refractivity contribution < 1.29 is 28.6 Å². The molecule has 75 heavy (non-hydrogen) atoms. The summed E-state index contributed by atoms with van der Waals surface area (Å²) in [6.07, 6.45) is 79.4. The van der Waals surface area contributed by atoms with E-state index in [0.29, 0.717) is 19.3 Å². The van der Waals surface area contributed by atoms with E-state index in [-0.39, 0.29) is 31.1 Å². The molecule has 0 N–H and O–H groups in total. The molecule has 6 heteroatoms. The Balaban J connectivity index is 3.89. The molecular weight excluding hydrogens is 925 g/mol. The molecule has 0 spiro atoms. The molecule has 0 fully saturated rings. The highest BCUT2D eigenvalue weighted by atomic mass is 16.6. The first-order valence-corrected chi connectivity index (χ1v) is 33.5. The van der Waals surface area contributed by atoms with Gasteiger partial charge in [0, 0.05) is 19.3 Å². The predicted molar refractivity (Wildman–Crippen MR) is 326 cm³/mol. The van der Waals surface area contributed by atoms with Crippen LogP contribution in [-0.2, 0) is 28.6 Å². The molecule has 0 rings (SSSR count). The lowest BCUT2D eigenvalue weighted by Gasteiger charge is -2.18. The summed E-state index contributed by atoms with van der Waals surface area (Å²) in [6.45, 7) is 6.58. The molecular formula is C69H128O6. The molecule has 0 amide bonds. The number of allylic oxidation sites excluding steroid dienone is 6. The fourth-order valence-corrected chi connectivity index (χ4v) is 10.1. The van der Waals surface area contributed by atoms with Crippen LogP contribution in [0.15, 0.2) is 36.5 Å². The van der Waals surface area contributed by atoms with Gasteiger partial charge in [-0.15, -0.1) is 0 Å². The van der Waals surface area contributed by atoms with Gasteiger partial charge in [-0.25, -0.2) is 0 Å². The van der Waals surface area contributed by atoms with Crippen LogP contribution in [-0.4, -0.2) is 37.2 Å². The van der Waals surface area contributed by atoms with Crippen LogP contribution in [0.5, 0.6) is 0 Å². The Labute approximate surface area is 467 Å². The second-order valence-corrected chi connectivity index (χ2v) is 22.7. The van der Waals surface area contributed by atoms with E-state index in [9.17, 15) is 14.4 Å². The van der Waals surface area contributed by atoms with Crippen LogP contribution in [0.3, 0.4) is 0 Å². The monoisotopic (exact) mass is 1050 g/mol. The predicted octanol–water partition coefficient (Wildman–Crippen LogP) is 22.8. The number of ether oxygens (including phenoxy) is 3. The summed E-state index contributed by atoms with van der Waals surface area (Å²) < 4.78 is 16.8. The van der Waals surface area contributed by atoms with Crippen LogP contribution < -0.4 is 0 Å². The standard InChI is InChI=1S/C69H128O6/c1-4-7-10-13-15-17-19-21-23-25-27-28-29-30-31-32-33-34-35-36-37-38-39-40-42-43-45-47-49-51-53-56-59-62-68(71)74-65-66(64-73-67(70)61-58-55-12-9-6-3)75-69(72)63-60-57-54-52-50-48-46-44-41-26-24-22-20-18-16-14-11-8-5-2/h16,18,22,24-25,27,66H,4-15,17,19-21,23,26,28-65H2,1-3H3/b18-16-,24-22-,27-25-. The van der Waals surface area contributed by atoms with Crippen molar-refractivity contribution in [3.63, 3.8) is 0 Å². The van der Waals surface area contributed by atoms with Gasteiger partial charge >= 0.3 is 17.9 Å². The lowest BCUT2D eigenvalue weighted by molar-refractivity contribution is -0.167. The van der Waals surface area contributed by atoms with Crippen molar-refractivity contribution in [2.24, 2.45) is 0 Å². The lowest BCUT2D eigenvalue weighted by Crippen LogP contribution is -2.30. The van der Waals surface area contributed by atoms with Crippen molar-refractivity contribution in [2.75, 3.05) is 13.2 Å². The fraction of sp³-hybridized carbons (Fsp3) is 0.870. The second-order valence-electron chi connectivity index (χ2n) is 22.7. The highest BCUT2D eigenvalue weighted by Gasteiger charge is 2.19. The van der Waals surface area contributed by atoms with Crippen molar-refractivity contribution in [1.29, 1.82) is 0 Å². The first-order chi connectivity index (χ1) is 37.0. The van der Waals surface area contributed by atoms with Crippen molar-refractivity contribution in [2.45, 2.75) is 374 Å². The number of unbranched alkanes of at least 4 members (excludes halogenated alkanes) is 45. The molecule has 0 aliphatic rings.